The molecule has 12 nitrogen and oxygen atoms in total. The number of nitrogens with two attached hydrogens (primary N) is 1. The van der Waals surface area contributed by atoms with Gasteiger partial charge in [-0.3, -0.25) is 10.1 Å². The number of nitro groups is 1. The summed E-state index contributed by atoms with van der Waals surface area (Å²) >= 11 is 0. The predicted octanol–water partition coefficient (Wildman–Crippen LogP) is 5.41. The van der Waals surface area contributed by atoms with Gasteiger partial charge in [-0.1, -0.05) is 12.1 Å². The molecule has 4 rings (SSSR count). The maximum absolute atomic E-state index is 11.0. The Balaban J connectivity index is 0.000000212. The fourth-order valence-corrected chi connectivity index (χ4v) is 3.71. The average Bonchev–Trinajstić information content (AvgIpc) is 3.46. The molecule has 0 radical (unpaired) electrons. The number of aromatic carboxylic acids is 2. The minimum absolute atomic E-state index is 0.00793. The molecule has 0 fully saturated rings. The highest BCUT2D eigenvalue weighted by Crippen LogP contribution is 2.39. The smallest absolute Gasteiger partial charge is 0.339 e. The molecule has 0 bridgehead atoms. The largest absolute Gasteiger partial charge is 0.494 e. The quantitative estimate of drug-likeness (QED) is 0.159. The summed E-state index contributed by atoms with van der Waals surface area (Å²) in [5, 5.41) is 28.9. The Kier molecular flexibility index (Phi) is 8.06. The van der Waals surface area contributed by atoms with Crippen molar-refractivity contribution in [2.24, 2.45) is 0 Å². The van der Waals surface area contributed by atoms with Gasteiger partial charge in [-0.15, -0.1) is 0 Å². The number of nitrogen functional groups attached to an aromatic ring is 1. The number of carboxylic acids is 2. The van der Waals surface area contributed by atoms with Gasteiger partial charge in [0.2, 0.25) is 5.75 Å². The minimum atomic E-state index is -1.12. The lowest BCUT2D eigenvalue weighted by Gasteiger charge is -2.08. The summed E-state index contributed by atoms with van der Waals surface area (Å²) in [6.07, 6.45) is 0. The van der Waals surface area contributed by atoms with Crippen LogP contribution in [0.3, 0.4) is 0 Å². The number of hydrogen-bond donors (Lipinski definition) is 3. The van der Waals surface area contributed by atoms with Gasteiger partial charge in [0, 0.05) is 6.07 Å². The zero-order chi connectivity index (χ0) is 28.1. The molecule has 198 valence electrons. The number of benzene rings is 2. The van der Waals surface area contributed by atoms with Crippen LogP contribution in [0.1, 0.15) is 32.2 Å². The molecular weight excluding hydrogens is 500 g/mol. The predicted molar refractivity (Wildman–Crippen MR) is 136 cm³/mol. The second kappa shape index (κ2) is 11.2. The van der Waals surface area contributed by atoms with Crippen LogP contribution in [-0.4, -0.2) is 41.3 Å². The Hall–Kier alpha value is -5.26. The second-order valence-electron chi connectivity index (χ2n) is 7.81. The maximum Gasteiger partial charge on any atom is 0.339 e. The molecule has 0 aliphatic rings. The summed E-state index contributed by atoms with van der Waals surface area (Å²) < 4.78 is 21.1. The number of ether oxygens (including phenoxy) is 2. The molecule has 0 spiro atoms. The van der Waals surface area contributed by atoms with Crippen molar-refractivity contribution in [1.29, 1.82) is 0 Å². The number of para-hydroxylation sites is 2. The summed E-state index contributed by atoms with van der Waals surface area (Å²) in [5.41, 5.74) is 7.16. The van der Waals surface area contributed by atoms with Crippen molar-refractivity contribution < 1.29 is 43.0 Å². The van der Waals surface area contributed by atoms with E-state index in [1.165, 1.54) is 45.4 Å². The molecule has 0 saturated carbocycles. The normalized spacial score (nSPS) is 10.3. The Bertz CT molecular complexity index is 1520. The van der Waals surface area contributed by atoms with Gasteiger partial charge in [0.1, 0.15) is 34.2 Å². The number of carbonyl (C=O) groups is 2. The van der Waals surface area contributed by atoms with Crippen molar-refractivity contribution in [2.75, 3.05) is 20.0 Å². The number of anilines is 1. The number of furan rings is 2. The van der Waals surface area contributed by atoms with Crippen molar-refractivity contribution in [3.05, 3.63) is 81.3 Å². The molecule has 0 saturated heterocycles. The molecule has 0 unspecified atom stereocenters. The van der Waals surface area contributed by atoms with Crippen LogP contribution in [0.5, 0.6) is 11.5 Å². The maximum atomic E-state index is 11.0. The molecule has 2 aromatic carbocycles. The van der Waals surface area contributed by atoms with Crippen LogP contribution in [0.4, 0.5) is 11.4 Å². The average molecular weight is 524 g/mol. The van der Waals surface area contributed by atoms with Crippen LogP contribution in [0.2, 0.25) is 0 Å². The van der Waals surface area contributed by atoms with E-state index in [1.807, 2.05) is 0 Å². The third-order valence-corrected chi connectivity index (χ3v) is 5.47. The van der Waals surface area contributed by atoms with Gasteiger partial charge >= 0.3 is 17.6 Å². The Morgan fingerprint density at radius 3 is 1.68 bits per heavy atom. The lowest BCUT2D eigenvalue weighted by atomic mass is 10.1. The first-order chi connectivity index (χ1) is 18.0. The van der Waals surface area contributed by atoms with Gasteiger partial charge in [0.05, 0.1) is 36.0 Å². The van der Waals surface area contributed by atoms with E-state index in [1.54, 1.807) is 31.2 Å². The van der Waals surface area contributed by atoms with Crippen molar-refractivity contribution in [3.63, 3.8) is 0 Å². The first-order valence-electron chi connectivity index (χ1n) is 10.9. The van der Waals surface area contributed by atoms with Crippen molar-refractivity contribution in [3.8, 4) is 34.1 Å². The number of nitrogens with zero attached hydrogens (tertiary/aromatic N) is 1. The Morgan fingerprint density at radius 2 is 1.29 bits per heavy atom. The first-order valence-corrected chi connectivity index (χ1v) is 10.9. The summed E-state index contributed by atoms with van der Waals surface area (Å²) in [7, 11) is 2.81. The Labute approximate surface area is 216 Å². The third kappa shape index (κ3) is 5.43. The van der Waals surface area contributed by atoms with E-state index in [4.69, 9.17) is 34.3 Å². The van der Waals surface area contributed by atoms with Gasteiger partial charge in [0.25, 0.3) is 0 Å². The molecule has 4 aromatic rings. The molecule has 0 aliphatic heterocycles. The van der Waals surface area contributed by atoms with E-state index in [9.17, 15) is 19.7 Å². The third-order valence-electron chi connectivity index (χ3n) is 5.47. The number of carboxylic acid groups (broad SMARTS) is 2. The lowest BCUT2D eigenvalue weighted by Crippen LogP contribution is -1.96. The molecule has 12 heteroatoms. The Morgan fingerprint density at radius 1 is 0.842 bits per heavy atom. The van der Waals surface area contributed by atoms with Crippen molar-refractivity contribution in [1.82, 2.24) is 0 Å². The van der Waals surface area contributed by atoms with E-state index < -0.39 is 16.9 Å². The topological polar surface area (TPSA) is 188 Å². The zero-order valence-electron chi connectivity index (χ0n) is 20.8. The van der Waals surface area contributed by atoms with E-state index >= 15 is 0 Å². The van der Waals surface area contributed by atoms with Gasteiger partial charge in [-0.05, 0) is 44.2 Å². The van der Waals surface area contributed by atoms with Crippen molar-refractivity contribution in [2.45, 2.75) is 13.8 Å². The van der Waals surface area contributed by atoms with Crippen LogP contribution in [0.15, 0.2) is 57.4 Å². The summed E-state index contributed by atoms with van der Waals surface area (Å²) in [6.45, 7) is 3.11. The molecule has 2 aromatic heterocycles. The fraction of sp³-hybridized carbons (Fsp3) is 0.154. The van der Waals surface area contributed by atoms with Gasteiger partial charge in [-0.2, -0.15) is 0 Å². The van der Waals surface area contributed by atoms with E-state index in [0.29, 0.717) is 34.1 Å². The number of aryl methyl sites for hydroxylation is 2. The SMILES string of the molecule is COc1c(-c2cc(C(=O)O)c(C)o2)cccc1[N+](=O)[O-].COc1c(N)cccc1-c1cc(C(=O)O)c(C)o1. The van der Waals surface area contributed by atoms with Crippen LogP contribution in [0.25, 0.3) is 22.6 Å². The standard InChI is InChI=1S/C13H11NO6.C13H13NO4/c1-7-9(13(15)16)6-11(20-7)8-4-3-5-10(14(17)18)12(8)19-2;1-7-9(13(15)16)6-11(18-7)8-4-3-5-10(14)12(8)17-2/h3-6H,1-2H3,(H,15,16);3-6H,14H2,1-2H3,(H,15,16). The van der Waals surface area contributed by atoms with Crippen LogP contribution in [-0.2, 0) is 0 Å². The molecule has 0 aliphatic carbocycles. The number of methoxy groups -OCH3 is 2. The number of hydrogen-bond acceptors (Lipinski definition) is 9. The van der Waals surface area contributed by atoms with Gasteiger partial charge < -0.3 is 34.3 Å². The van der Waals surface area contributed by atoms with E-state index in [2.05, 4.69) is 0 Å². The molecule has 38 heavy (non-hydrogen) atoms. The molecule has 0 amide bonds. The fourth-order valence-electron chi connectivity index (χ4n) is 3.71. The first kappa shape index (κ1) is 27.3. The molecule has 0 atom stereocenters. The van der Waals surface area contributed by atoms with Gasteiger partial charge in [0.15, 0.2) is 5.75 Å². The van der Waals surface area contributed by atoms with E-state index in [0.717, 1.165) is 0 Å². The molecule has 2 heterocycles. The van der Waals surface area contributed by atoms with E-state index in [-0.39, 0.29) is 34.1 Å². The molecule has 4 N–H and O–H groups in total. The number of rotatable bonds is 7. The van der Waals surface area contributed by atoms with Crippen molar-refractivity contribution >= 4 is 23.3 Å². The van der Waals surface area contributed by atoms with Crippen LogP contribution >= 0.6 is 0 Å². The monoisotopic (exact) mass is 524 g/mol. The highest BCUT2D eigenvalue weighted by molar-refractivity contribution is 5.91. The highest BCUT2D eigenvalue weighted by atomic mass is 16.6. The summed E-state index contributed by atoms with van der Waals surface area (Å²) in [6, 6.07) is 12.4. The van der Waals surface area contributed by atoms with Gasteiger partial charge in [-0.25, -0.2) is 9.59 Å². The zero-order valence-corrected chi connectivity index (χ0v) is 20.8. The van der Waals surface area contributed by atoms with Crippen LogP contribution in [0, 0.1) is 24.0 Å². The molecular formula is C26H24N2O10. The van der Waals surface area contributed by atoms with Crippen LogP contribution < -0.4 is 15.2 Å². The minimum Gasteiger partial charge on any atom is -0.494 e. The summed E-state index contributed by atoms with van der Waals surface area (Å²) in [5.74, 6) is -0.434. The summed E-state index contributed by atoms with van der Waals surface area (Å²) in [4.78, 5) is 32.3. The lowest BCUT2D eigenvalue weighted by molar-refractivity contribution is -0.385. The number of nitro benzene ring substituents is 1. The second-order valence-corrected chi connectivity index (χ2v) is 7.81. The highest BCUT2D eigenvalue weighted by Gasteiger charge is 2.23.